The Morgan fingerprint density at radius 3 is 2.37 bits per heavy atom. The van der Waals surface area contributed by atoms with Gasteiger partial charge < -0.3 is 25.8 Å². The summed E-state index contributed by atoms with van der Waals surface area (Å²) in [5.74, 6) is 0.471. The minimum atomic E-state index is -0.617. The quantitative estimate of drug-likeness (QED) is 0.677. The fourth-order valence-electron chi connectivity index (χ4n) is 2.55. The van der Waals surface area contributed by atoms with Crippen molar-refractivity contribution in [2.75, 3.05) is 23.8 Å². The Bertz CT molecular complexity index is 798. The molecule has 0 radical (unpaired) electrons. The summed E-state index contributed by atoms with van der Waals surface area (Å²) in [5, 5.41) is 7.43. The lowest BCUT2D eigenvalue weighted by molar-refractivity contribution is -0.117. The van der Waals surface area contributed by atoms with E-state index in [0.29, 0.717) is 47.4 Å². The van der Waals surface area contributed by atoms with Crippen LogP contribution in [0.5, 0.6) is 11.5 Å². The van der Waals surface area contributed by atoms with Crippen LogP contribution in [0.4, 0.5) is 11.4 Å². The second kappa shape index (κ2) is 9.59. The average Bonchev–Trinajstić information content (AvgIpc) is 3.17. The number of fused-ring (bicyclic) bond motifs is 1. The molecule has 2 aromatic rings. The van der Waals surface area contributed by atoms with Gasteiger partial charge in [0.25, 0.3) is 5.91 Å². The van der Waals surface area contributed by atoms with Crippen molar-refractivity contribution in [3.8, 4) is 11.5 Å². The molecule has 2 amide bonds. The highest BCUT2D eigenvalue weighted by molar-refractivity contribution is 7.12. The summed E-state index contributed by atoms with van der Waals surface area (Å²) in [4.78, 5) is 25.3. The van der Waals surface area contributed by atoms with Gasteiger partial charge in [-0.1, -0.05) is 19.4 Å². The highest BCUT2D eigenvalue weighted by atomic mass is 35.5. The third-order valence-corrected chi connectivity index (χ3v) is 4.74. The summed E-state index contributed by atoms with van der Waals surface area (Å²) in [5.41, 5.74) is 6.75. The number of ether oxygens (including phenoxy) is 2. The summed E-state index contributed by atoms with van der Waals surface area (Å²) in [6.07, 6.45) is 1.38. The van der Waals surface area contributed by atoms with Crippen LogP contribution in [-0.4, -0.2) is 31.1 Å². The van der Waals surface area contributed by atoms with E-state index in [1.54, 1.807) is 24.3 Å². The minimum Gasteiger partial charge on any atom is -0.486 e. The smallest absolute Gasteiger partial charge is 0.265 e. The molecule has 0 bridgehead atoms. The van der Waals surface area contributed by atoms with Crippen LogP contribution in [0, 0.1) is 0 Å². The van der Waals surface area contributed by atoms with E-state index in [2.05, 4.69) is 10.6 Å². The zero-order valence-electron chi connectivity index (χ0n) is 14.8. The van der Waals surface area contributed by atoms with Gasteiger partial charge in [-0.2, -0.15) is 0 Å². The number of nitrogens with one attached hydrogen (secondary N) is 2. The monoisotopic (exact) mass is 411 g/mol. The molecule has 2 heterocycles. The topological polar surface area (TPSA) is 103 Å². The Kier molecular flexibility index (Phi) is 7.46. The van der Waals surface area contributed by atoms with E-state index in [1.165, 1.54) is 11.3 Å². The van der Waals surface area contributed by atoms with Crippen molar-refractivity contribution < 1.29 is 19.1 Å². The molecule has 0 spiro atoms. The average molecular weight is 412 g/mol. The first-order valence-corrected chi connectivity index (χ1v) is 9.31. The maximum atomic E-state index is 12.4. The van der Waals surface area contributed by atoms with Gasteiger partial charge >= 0.3 is 0 Å². The molecule has 3 rings (SSSR count). The van der Waals surface area contributed by atoms with Crippen molar-refractivity contribution >= 4 is 46.9 Å². The first-order chi connectivity index (χ1) is 12.6. The van der Waals surface area contributed by atoms with Crippen LogP contribution >= 0.6 is 23.7 Å². The van der Waals surface area contributed by atoms with E-state index in [1.807, 2.05) is 12.3 Å². The minimum absolute atomic E-state index is 0. The number of rotatable bonds is 6. The lowest BCUT2D eigenvalue weighted by Crippen LogP contribution is -2.35. The van der Waals surface area contributed by atoms with Crippen molar-refractivity contribution in [3.63, 3.8) is 0 Å². The van der Waals surface area contributed by atoms with Crippen LogP contribution < -0.4 is 25.8 Å². The Morgan fingerprint density at radius 2 is 1.81 bits per heavy atom. The first kappa shape index (κ1) is 21.0. The second-order valence-corrected chi connectivity index (χ2v) is 6.80. The van der Waals surface area contributed by atoms with Gasteiger partial charge in [0.15, 0.2) is 11.5 Å². The van der Waals surface area contributed by atoms with E-state index >= 15 is 0 Å². The largest absolute Gasteiger partial charge is 0.486 e. The number of anilines is 2. The van der Waals surface area contributed by atoms with E-state index in [0.717, 1.165) is 6.42 Å². The number of hydrogen-bond acceptors (Lipinski definition) is 6. The Labute approximate surface area is 167 Å². The molecule has 4 N–H and O–H groups in total. The van der Waals surface area contributed by atoms with E-state index < -0.39 is 6.04 Å². The van der Waals surface area contributed by atoms with Gasteiger partial charge in [0.05, 0.1) is 22.3 Å². The number of halogens is 1. The third kappa shape index (κ3) is 5.12. The van der Waals surface area contributed by atoms with Crippen LogP contribution in [0.1, 0.15) is 29.4 Å². The molecule has 1 aromatic heterocycles. The summed E-state index contributed by atoms with van der Waals surface area (Å²) in [6, 6.07) is 6.22. The number of thiophene rings is 1. The molecular weight excluding hydrogens is 390 g/mol. The van der Waals surface area contributed by atoms with Crippen LogP contribution in [0.2, 0.25) is 0 Å². The predicted octanol–water partition coefficient (Wildman–Crippen LogP) is 3.26. The zero-order chi connectivity index (χ0) is 18.5. The standard InChI is InChI=1S/C18H21N3O4S.ClH/c1-2-4-11(19)17(22)20-12-9-14-15(25-7-6-24-14)10-13(12)21-18(23)16-5-3-8-26-16;/h3,5,8-11H,2,4,6-7,19H2,1H3,(H,20,22)(H,21,23);1H. The van der Waals surface area contributed by atoms with Crippen molar-refractivity contribution in [3.05, 3.63) is 34.5 Å². The number of nitrogens with two attached hydrogens (primary N) is 1. The van der Waals surface area contributed by atoms with E-state index in [4.69, 9.17) is 15.2 Å². The molecule has 7 nitrogen and oxygen atoms in total. The Morgan fingerprint density at radius 1 is 1.19 bits per heavy atom. The molecule has 1 atom stereocenters. The van der Waals surface area contributed by atoms with Crippen LogP contribution in [0.25, 0.3) is 0 Å². The second-order valence-electron chi connectivity index (χ2n) is 5.86. The molecule has 1 aromatic carbocycles. The molecule has 0 aliphatic carbocycles. The summed E-state index contributed by atoms with van der Waals surface area (Å²) < 4.78 is 11.1. The number of carbonyl (C=O) groups is 2. The Balaban J connectivity index is 0.00000261. The molecule has 0 saturated carbocycles. The van der Waals surface area contributed by atoms with Crippen molar-refractivity contribution in [2.45, 2.75) is 25.8 Å². The fraction of sp³-hybridized carbons (Fsp3) is 0.333. The van der Waals surface area contributed by atoms with Gasteiger partial charge in [-0.25, -0.2) is 0 Å². The molecule has 1 aliphatic heterocycles. The molecule has 0 saturated heterocycles. The summed E-state index contributed by atoms with van der Waals surface area (Å²) in [7, 11) is 0. The normalized spacial score (nSPS) is 13.3. The number of amides is 2. The maximum Gasteiger partial charge on any atom is 0.265 e. The van der Waals surface area contributed by atoms with E-state index in [9.17, 15) is 9.59 Å². The first-order valence-electron chi connectivity index (χ1n) is 8.43. The van der Waals surface area contributed by atoms with Crippen molar-refractivity contribution in [2.24, 2.45) is 5.73 Å². The van der Waals surface area contributed by atoms with Crippen molar-refractivity contribution in [1.29, 1.82) is 0 Å². The fourth-order valence-corrected chi connectivity index (χ4v) is 3.17. The predicted molar refractivity (Wildman–Crippen MR) is 108 cm³/mol. The SMILES string of the molecule is CCCC(N)C(=O)Nc1cc2c(cc1NC(=O)c1cccs1)OCCO2.Cl. The van der Waals surface area contributed by atoms with Crippen LogP contribution in [-0.2, 0) is 4.79 Å². The van der Waals surface area contributed by atoms with Crippen LogP contribution in [0.15, 0.2) is 29.6 Å². The number of benzene rings is 1. The summed E-state index contributed by atoms with van der Waals surface area (Å²) in [6.45, 7) is 2.82. The highest BCUT2D eigenvalue weighted by Gasteiger charge is 2.21. The van der Waals surface area contributed by atoms with Crippen molar-refractivity contribution in [1.82, 2.24) is 0 Å². The van der Waals surface area contributed by atoms with Gasteiger partial charge in [0.1, 0.15) is 13.2 Å². The van der Waals surface area contributed by atoms with Gasteiger partial charge in [-0.3, -0.25) is 9.59 Å². The van der Waals surface area contributed by atoms with Gasteiger partial charge in [-0.05, 0) is 17.9 Å². The Hall–Kier alpha value is -2.29. The van der Waals surface area contributed by atoms with Gasteiger partial charge in [-0.15, -0.1) is 23.7 Å². The molecule has 1 unspecified atom stereocenters. The molecule has 0 fully saturated rings. The molecule has 9 heteroatoms. The highest BCUT2D eigenvalue weighted by Crippen LogP contribution is 2.38. The number of hydrogen-bond donors (Lipinski definition) is 3. The molecular formula is C18H22ClN3O4S. The van der Waals surface area contributed by atoms with Gasteiger partial charge in [0, 0.05) is 12.1 Å². The van der Waals surface area contributed by atoms with Gasteiger partial charge in [0.2, 0.25) is 5.91 Å². The zero-order valence-corrected chi connectivity index (χ0v) is 16.5. The molecule has 1 aliphatic rings. The lowest BCUT2D eigenvalue weighted by atomic mass is 10.1. The maximum absolute atomic E-state index is 12.4. The lowest BCUT2D eigenvalue weighted by Gasteiger charge is -2.22. The summed E-state index contributed by atoms with van der Waals surface area (Å²) >= 11 is 1.33. The third-order valence-electron chi connectivity index (χ3n) is 3.87. The van der Waals surface area contributed by atoms with Crippen LogP contribution in [0.3, 0.4) is 0 Å². The molecule has 27 heavy (non-hydrogen) atoms. The van der Waals surface area contributed by atoms with E-state index in [-0.39, 0.29) is 24.2 Å². The number of carbonyl (C=O) groups excluding carboxylic acids is 2. The molecule has 146 valence electrons.